The molecular weight excluding hydrogens is 330 g/mol. The largest absolute Gasteiger partial charge is 0.493 e. The molecule has 0 saturated carbocycles. The number of benzene rings is 1. The molecule has 0 aliphatic carbocycles. The summed E-state index contributed by atoms with van der Waals surface area (Å²) in [6, 6.07) is 3.73. The van der Waals surface area contributed by atoms with E-state index >= 15 is 0 Å². The summed E-state index contributed by atoms with van der Waals surface area (Å²) in [6.07, 6.45) is 2.97. The first kappa shape index (κ1) is 19.3. The van der Waals surface area contributed by atoms with Crippen LogP contribution in [0.15, 0.2) is 12.1 Å². The Morgan fingerprint density at radius 1 is 1.21 bits per heavy atom. The SMILES string of the molecule is COCC[C@]1(CO)CCCN(Cc2cc(OC)c(OC)cc2Cl)C1. The molecule has 1 atom stereocenters. The van der Waals surface area contributed by atoms with Crippen molar-refractivity contribution in [3.05, 3.63) is 22.7 Å². The number of ether oxygens (including phenoxy) is 3. The van der Waals surface area contributed by atoms with Gasteiger partial charge in [0.2, 0.25) is 0 Å². The highest BCUT2D eigenvalue weighted by Crippen LogP contribution is 2.37. The van der Waals surface area contributed by atoms with Crippen LogP contribution in [0.2, 0.25) is 5.02 Å². The van der Waals surface area contributed by atoms with Gasteiger partial charge in [-0.05, 0) is 37.4 Å². The summed E-state index contributed by atoms with van der Waals surface area (Å²) in [5, 5.41) is 10.6. The molecule has 0 spiro atoms. The summed E-state index contributed by atoms with van der Waals surface area (Å²) in [4.78, 5) is 2.35. The predicted molar refractivity (Wildman–Crippen MR) is 95.1 cm³/mol. The topological polar surface area (TPSA) is 51.2 Å². The molecule has 136 valence electrons. The maximum Gasteiger partial charge on any atom is 0.162 e. The van der Waals surface area contributed by atoms with Crippen LogP contribution in [0.3, 0.4) is 0 Å². The fraction of sp³-hybridized carbons (Fsp3) is 0.667. The maximum absolute atomic E-state index is 9.91. The van der Waals surface area contributed by atoms with Crippen molar-refractivity contribution in [1.82, 2.24) is 4.90 Å². The zero-order valence-corrected chi connectivity index (χ0v) is 15.6. The number of hydrogen-bond donors (Lipinski definition) is 1. The van der Waals surface area contributed by atoms with E-state index in [1.807, 2.05) is 6.07 Å². The summed E-state index contributed by atoms with van der Waals surface area (Å²) in [5.41, 5.74) is 0.923. The first-order chi connectivity index (χ1) is 11.6. The third-order valence-corrected chi connectivity index (χ3v) is 5.21. The van der Waals surface area contributed by atoms with Crippen molar-refractivity contribution in [2.75, 3.05) is 47.6 Å². The molecule has 1 fully saturated rings. The van der Waals surface area contributed by atoms with Crippen LogP contribution in [0, 0.1) is 5.41 Å². The van der Waals surface area contributed by atoms with Crippen LogP contribution in [-0.2, 0) is 11.3 Å². The Hall–Kier alpha value is -1.01. The number of nitrogens with zero attached hydrogens (tertiary/aromatic N) is 1. The lowest BCUT2D eigenvalue weighted by atomic mass is 9.78. The number of piperidine rings is 1. The van der Waals surface area contributed by atoms with Gasteiger partial charge in [-0.25, -0.2) is 0 Å². The summed E-state index contributed by atoms with van der Waals surface area (Å²) in [6.45, 7) is 3.43. The van der Waals surface area contributed by atoms with E-state index in [2.05, 4.69) is 4.90 Å². The van der Waals surface area contributed by atoms with Crippen molar-refractivity contribution in [1.29, 1.82) is 0 Å². The molecule has 1 aromatic rings. The summed E-state index contributed by atoms with van der Waals surface area (Å²) in [7, 11) is 4.93. The number of halogens is 1. The standard InChI is InChI=1S/C18H28ClNO4/c1-22-8-6-18(13-21)5-4-7-20(12-18)11-14-9-16(23-2)17(24-3)10-15(14)19/h9-10,21H,4-8,11-13H2,1-3H3/t18-/m1/s1. The zero-order valence-electron chi connectivity index (χ0n) is 14.8. The lowest BCUT2D eigenvalue weighted by Gasteiger charge is -2.42. The molecule has 6 heteroatoms. The highest BCUT2D eigenvalue weighted by molar-refractivity contribution is 6.31. The van der Waals surface area contributed by atoms with Gasteiger partial charge in [-0.1, -0.05) is 11.6 Å². The van der Waals surface area contributed by atoms with E-state index < -0.39 is 0 Å². The fourth-order valence-corrected chi connectivity index (χ4v) is 3.65. The molecule has 1 aliphatic rings. The molecule has 0 unspecified atom stereocenters. The Kier molecular flexibility index (Phi) is 7.16. The molecule has 24 heavy (non-hydrogen) atoms. The molecule has 0 amide bonds. The Bertz CT molecular complexity index is 540. The van der Waals surface area contributed by atoms with Crippen LogP contribution in [0.5, 0.6) is 11.5 Å². The van der Waals surface area contributed by atoms with E-state index in [0.29, 0.717) is 23.1 Å². The molecule has 0 radical (unpaired) electrons. The van der Waals surface area contributed by atoms with Gasteiger partial charge in [0.05, 0.1) is 20.8 Å². The van der Waals surface area contributed by atoms with Gasteiger partial charge in [0, 0.05) is 43.3 Å². The fourth-order valence-electron chi connectivity index (χ4n) is 3.43. The molecule has 2 rings (SSSR count). The van der Waals surface area contributed by atoms with Gasteiger partial charge >= 0.3 is 0 Å². The molecule has 1 N–H and O–H groups in total. The molecule has 0 aromatic heterocycles. The second-order valence-corrected chi connectivity index (χ2v) is 6.92. The first-order valence-corrected chi connectivity index (χ1v) is 8.68. The summed E-state index contributed by atoms with van der Waals surface area (Å²) < 4.78 is 15.9. The molecule has 1 saturated heterocycles. The Morgan fingerprint density at radius 3 is 2.54 bits per heavy atom. The zero-order chi connectivity index (χ0) is 17.6. The summed E-state index contributed by atoms with van der Waals surface area (Å²) >= 11 is 6.41. The second-order valence-electron chi connectivity index (χ2n) is 6.51. The molecular formula is C18H28ClNO4. The van der Waals surface area contributed by atoms with E-state index in [-0.39, 0.29) is 12.0 Å². The lowest BCUT2D eigenvalue weighted by molar-refractivity contribution is 0.00475. The number of aliphatic hydroxyl groups excluding tert-OH is 1. The van der Waals surface area contributed by atoms with Crippen molar-refractivity contribution in [2.45, 2.75) is 25.8 Å². The maximum atomic E-state index is 9.91. The van der Waals surface area contributed by atoms with Gasteiger partial charge in [0.1, 0.15) is 0 Å². The van der Waals surface area contributed by atoms with Gasteiger partial charge in [-0.2, -0.15) is 0 Å². The van der Waals surface area contributed by atoms with Crippen LogP contribution in [0.25, 0.3) is 0 Å². The van der Waals surface area contributed by atoms with Crippen molar-refractivity contribution >= 4 is 11.6 Å². The minimum atomic E-state index is -0.0860. The van der Waals surface area contributed by atoms with Crippen LogP contribution in [0.1, 0.15) is 24.8 Å². The molecule has 0 bridgehead atoms. The Morgan fingerprint density at radius 2 is 1.92 bits per heavy atom. The number of aliphatic hydroxyl groups is 1. The number of rotatable bonds is 8. The third kappa shape index (κ3) is 4.54. The minimum absolute atomic E-state index is 0.0860. The van der Waals surface area contributed by atoms with Crippen molar-refractivity contribution in [3.8, 4) is 11.5 Å². The van der Waals surface area contributed by atoms with Crippen LogP contribution in [0.4, 0.5) is 0 Å². The predicted octanol–water partition coefficient (Wildman–Crippen LogP) is 2.97. The summed E-state index contributed by atoms with van der Waals surface area (Å²) in [5.74, 6) is 1.32. The monoisotopic (exact) mass is 357 g/mol. The average molecular weight is 358 g/mol. The second kappa shape index (κ2) is 8.90. The van der Waals surface area contributed by atoms with Gasteiger partial charge in [-0.15, -0.1) is 0 Å². The van der Waals surface area contributed by atoms with Crippen LogP contribution in [-0.4, -0.2) is 57.6 Å². The van der Waals surface area contributed by atoms with Gasteiger partial charge in [0.25, 0.3) is 0 Å². The molecule has 1 aromatic carbocycles. The Labute approximate surface area is 149 Å². The van der Waals surface area contributed by atoms with E-state index in [9.17, 15) is 5.11 Å². The molecule has 1 heterocycles. The minimum Gasteiger partial charge on any atom is -0.493 e. The smallest absolute Gasteiger partial charge is 0.162 e. The van der Waals surface area contributed by atoms with Crippen molar-refractivity contribution in [2.24, 2.45) is 5.41 Å². The highest BCUT2D eigenvalue weighted by Gasteiger charge is 2.34. The van der Waals surface area contributed by atoms with Crippen molar-refractivity contribution < 1.29 is 19.3 Å². The highest BCUT2D eigenvalue weighted by atomic mass is 35.5. The Balaban J connectivity index is 2.12. The number of hydrogen-bond acceptors (Lipinski definition) is 5. The normalized spacial score (nSPS) is 21.7. The first-order valence-electron chi connectivity index (χ1n) is 8.30. The lowest BCUT2D eigenvalue weighted by Crippen LogP contribution is -2.45. The van der Waals surface area contributed by atoms with E-state index in [4.69, 9.17) is 25.8 Å². The van der Waals surface area contributed by atoms with Gasteiger partial charge in [0.15, 0.2) is 11.5 Å². The van der Waals surface area contributed by atoms with E-state index in [0.717, 1.165) is 44.5 Å². The van der Waals surface area contributed by atoms with Crippen LogP contribution >= 0.6 is 11.6 Å². The van der Waals surface area contributed by atoms with E-state index in [1.54, 1.807) is 27.4 Å². The average Bonchev–Trinajstić information content (AvgIpc) is 2.61. The quantitative estimate of drug-likeness (QED) is 0.775. The van der Waals surface area contributed by atoms with Gasteiger partial charge < -0.3 is 19.3 Å². The number of likely N-dealkylation sites (tertiary alicyclic amines) is 1. The number of methoxy groups -OCH3 is 3. The molecule has 5 nitrogen and oxygen atoms in total. The molecule has 1 aliphatic heterocycles. The van der Waals surface area contributed by atoms with E-state index in [1.165, 1.54) is 0 Å². The van der Waals surface area contributed by atoms with Crippen molar-refractivity contribution in [3.63, 3.8) is 0 Å². The third-order valence-electron chi connectivity index (χ3n) is 4.86. The van der Waals surface area contributed by atoms with Gasteiger partial charge in [-0.3, -0.25) is 4.90 Å². The van der Waals surface area contributed by atoms with Crippen LogP contribution < -0.4 is 9.47 Å².